The molecule has 1 unspecified atom stereocenters. The normalized spacial score (nSPS) is 13.3. The van der Waals surface area contributed by atoms with E-state index in [2.05, 4.69) is 4.98 Å². The van der Waals surface area contributed by atoms with Gasteiger partial charge >= 0.3 is 6.18 Å². The van der Waals surface area contributed by atoms with Crippen molar-refractivity contribution in [2.24, 2.45) is 5.73 Å². The lowest BCUT2D eigenvalue weighted by atomic mass is 10.1. The summed E-state index contributed by atoms with van der Waals surface area (Å²) in [6, 6.07) is 5.00. The van der Waals surface area contributed by atoms with Gasteiger partial charge in [0.15, 0.2) is 5.01 Å². The lowest BCUT2D eigenvalue weighted by Gasteiger charge is -2.12. The van der Waals surface area contributed by atoms with Crippen LogP contribution in [0, 0.1) is 0 Å². The van der Waals surface area contributed by atoms with Crippen molar-refractivity contribution in [3.8, 4) is 0 Å². The van der Waals surface area contributed by atoms with Crippen LogP contribution in [0.5, 0.6) is 0 Å². The Labute approximate surface area is 144 Å². The van der Waals surface area contributed by atoms with Crippen LogP contribution >= 0.6 is 11.3 Å². The Balaban J connectivity index is 1.99. The predicted octanol–water partition coefficient (Wildman–Crippen LogP) is 3.49. The van der Waals surface area contributed by atoms with Crippen molar-refractivity contribution in [3.63, 3.8) is 0 Å². The van der Waals surface area contributed by atoms with Crippen LogP contribution in [0.25, 0.3) is 10.9 Å². The fraction of sp³-hybridized carbons (Fsp3) is 0.250. The van der Waals surface area contributed by atoms with Gasteiger partial charge in [-0.3, -0.25) is 4.79 Å². The molecular formula is C16H14F3N3O2S. The van der Waals surface area contributed by atoms with Crippen molar-refractivity contribution in [2.75, 3.05) is 7.11 Å². The van der Waals surface area contributed by atoms with Crippen LogP contribution in [0.15, 0.2) is 35.8 Å². The third kappa shape index (κ3) is 3.30. The summed E-state index contributed by atoms with van der Waals surface area (Å²) < 4.78 is 45.0. The number of carbonyl (C=O) groups is 1. The predicted molar refractivity (Wildman–Crippen MR) is 87.5 cm³/mol. The van der Waals surface area contributed by atoms with E-state index < -0.39 is 18.0 Å². The van der Waals surface area contributed by atoms with Gasteiger partial charge in [0.1, 0.15) is 12.8 Å². The van der Waals surface area contributed by atoms with Gasteiger partial charge in [-0.25, -0.2) is 4.98 Å². The number of aromatic nitrogens is 2. The molecule has 0 bridgehead atoms. The second-order valence-electron chi connectivity index (χ2n) is 5.37. The number of alkyl halides is 3. The number of thiazole rings is 1. The number of rotatable bonds is 5. The first-order valence-electron chi connectivity index (χ1n) is 7.22. The molecule has 1 atom stereocenters. The van der Waals surface area contributed by atoms with Crippen LogP contribution in [-0.4, -0.2) is 28.6 Å². The van der Waals surface area contributed by atoms with Crippen molar-refractivity contribution in [1.82, 2.24) is 9.55 Å². The molecule has 1 aromatic carbocycles. The Morgan fingerprint density at radius 1 is 1.40 bits per heavy atom. The molecule has 25 heavy (non-hydrogen) atoms. The molecule has 0 saturated carbocycles. The van der Waals surface area contributed by atoms with Crippen LogP contribution in [0.2, 0.25) is 0 Å². The van der Waals surface area contributed by atoms with Crippen LogP contribution < -0.4 is 5.73 Å². The number of hydrogen-bond donors (Lipinski definition) is 1. The molecule has 0 aliphatic heterocycles. The van der Waals surface area contributed by atoms with Gasteiger partial charge in [0.2, 0.25) is 5.78 Å². The van der Waals surface area contributed by atoms with E-state index in [0.29, 0.717) is 10.9 Å². The monoisotopic (exact) mass is 369 g/mol. The quantitative estimate of drug-likeness (QED) is 0.699. The number of para-hydroxylation sites is 1. The number of methoxy groups -OCH3 is 1. The molecule has 132 valence electrons. The third-order valence-electron chi connectivity index (χ3n) is 3.69. The second-order valence-corrected chi connectivity index (χ2v) is 6.23. The second kappa shape index (κ2) is 6.58. The van der Waals surface area contributed by atoms with Crippen LogP contribution in [0.3, 0.4) is 0 Å². The van der Waals surface area contributed by atoms with Gasteiger partial charge in [0.05, 0.1) is 16.8 Å². The van der Waals surface area contributed by atoms with Gasteiger partial charge in [-0.15, -0.1) is 11.3 Å². The summed E-state index contributed by atoms with van der Waals surface area (Å²) in [5, 5.41) is 1.82. The largest absolute Gasteiger partial charge is 0.409 e. The highest BCUT2D eigenvalue weighted by molar-refractivity contribution is 7.12. The molecule has 2 heterocycles. The molecule has 0 fully saturated rings. The van der Waals surface area contributed by atoms with Crippen molar-refractivity contribution < 1.29 is 22.7 Å². The molecule has 3 aromatic rings. The van der Waals surface area contributed by atoms with E-state index in [4.69, 9.17) is 10.5 Å². The summed E-state index contributed by atoms with van der Waals surface area (Å²) in [4.78, 5) is 16.5. The Bertz CT molecular complexity index is 917. The molecule has 2 N–H and O–H groups in total. The zero-order valence-corrected chi connectivity index (χ0v) is 13.9. The molecule has 0 aliphatic rings. The smallest absolute Gasteiger partial charge is 0.364 e. The maximum atomic E-state index is 12.7. The average molecular weight is 369 g/mol. The number of halogens is 3. The number of fused-ring (bicyclic) bond motifs is 1. The number of ether oxygens (including phenoxy) is 1. The lowest BCUT2D eigenvalue weighted by molar-refractivity contribution is -0.149. The maximum Gasteiger partial charge on any atom is 0.409 e. The topological polar surface area (TPSA) is 70.1 Å². The standard InChI is InChI=1S/C16H14F3N3O2S/c1-24-8-22-6-10(9-4-2-3-5-12(9)22)13(23)15-21-11(7-25-15)14(20)16(17,18)19/h2-7,14H,8,20H2,1H3. The first-order valence-corrected chi connectivity index (χ1v) is 8.10. The minimum atomic E-state index is -4.61. The maximum absolute atomic E-state index is 12.7. The summed E-state index contributed by atoms with van der Waals surface area (Å²) in [6.45, 7) is 0.246. The molecule has 5 nitrogen and oxygen atoms in total. The molecule has 9 heteroatoms. The Morgan fingerprint density at radius 3 is 2.80 bits per heavy atom. The molecule has 3 rings (SSSR count). The molecule has 0 amide bonds. The number of benzene rings is 1. The molecular weight excluding hydrogens is 355 g/mol. The van der Waals surface area contributed by atoms with Crippen molar-refractivity contribution in [1.29, 1.82) is 0 Å². The van der Waals surface area contributed by atoms with E-state index in [1.54, 1.807) is 22.9 Å². The number of nitrogens with zero attached hydrogens (tertiary/aromatic N) is 2. The fourth-order valence-corrected chi connectivity index (χ4v) is 3.30. The summed E-state index contributed by atoms with van der Waals surface area (Å²) in [6.07, 6.45) is -3.00. The minimum absolute atomic E-state index is 0.0324. The number of nitrogens with two attached hydrogens (primary N) is 1. The first kappa shape index (κ1) is 17.6. The van der Waals surface area contributed by atoms with Crippen LogP contribution in [0.1, 0.15) is 27.1 Å². The third-order valence-corrected chi connectivity index (χ3v) is 4.55. The fourth-order valence-electron chi connectivity index (χ4n) is 2.49. The summed E-state index contributed by atoms with van der Waals surface area (Å²) in [5.41, 5.74) is 5.93. The minimum Gasteiger partial charge on any atom is -0.364 e. The van der Waals surface area contributed by atoms with E-state index in [1.165, 1.54) is 12.5 Å². The molecule has 0 spiro atoms. The SMILES string of the molecule is COCn1cc(C(=O)c2nc(C(N)C(F)(F)F)cs2)c2ccccc21. The number of ketones is 1. The van der Waals surface area contributed by atoms with E-state index in [-0.39, 0.29) is 17.4 Å². The highest BCUT2D eigenvalue weighted by Gasteiger charge is 2.39. The zero-order valence-electron chi connectivity index (χ0n) is 13.1. The Hall–Kier alpha value is -2.23. The van der Waals surface area contributed by atoms with E-state index in [9.17, 15) is 18.0 Å². The molecule has 2 aromatic heterocycles. The molecule has 0 radical (unpaired) electrons. The van der Waals surface area contributed by atoms with Gasteiger partial charge in [-0.2, -0.15) is 13.2 Å². The molecule has 0 saturated heterocycles. The van der Waals surface area contributed by atoms with Crippen LogP contribution in [0.4, 0.5) is 13.2 Å². The Morgan fingerprint density at radius 2 is 2.12 bits per heavy atom. The van der Waals surface area contributed by atoms with E-state index in [0.717, 1.165) is 16.9 Å². The summed E-state index contributed by atoms with van der Waals surface area (Å²) in [5.74, 6) is -0.448. The summed E-state index contributed by atoms with van der Waals surface area (Å²) in [7, 11) is 1.53. The zero-order chi connectivity index (χ0) is 18.2. The van der Waals surface area contributed by atoms with Crippen molar-refractivity contribution in [2.45, 2.75) is 18.9 Å². The van der Waals surface area contributed by atoms with Crippen molar-refractivity contribution >= 4 is 28.0 Å². The lowest BCUT2D eigenvalue weighted by Crippen LogP contribution is -2.28. The van der Waals surface area contributed by atoms with Gasteiger partial charge in [-0.05, 0) is 6.07 Å². The number of carbonyl (C=O) groups excluding carboxylic acids is 1. The Kier molecular flexibility index (Phi) is 4.63. The highest BCUT2D eigenvalue weighted by atomic mass is 32.1. The summed E-state index contributed by atoms with van der Waals surface area (Å²) >= 11 is 0.847. The van der Waals surface area contributed by atoms with E-state index in [1.807, 2.05) is 12.1 Å². The van der Waals surface area contributed by atoms with Gasteiger partial charge in [-0.1, -0.05) is 18.2 Å². The number of hydrogen-bond acceptors (Lipinski definition) is 5. The average Bonchev–Trinajstić information content (AvgIpc) is 3.19. The molecule has 0 aliphatic carbocycles. The van der Waals surface area contributed by atoms with Gasteiger partial charge in [0.25, 0.3) is 0 Å². The van der Waals surface area contributed by atoms with Gasteiger partial charge < -0.3 is 15.0 Å². The van der Waals surface area contributed by atoms with Crippen LogP contribution in [-0.2, 0) is 11.5 Å². The first-order chi connectivity index (χ1) is 11.8. The van der Waals surface area contributed by atoms with Gasteiger partial charge in [0, 0.05) is 24.1 Å². The highest BCUT2D eigenvalue weighted by Crippen LogP contribution is 2.32. The van der Waals surface area contributed by atoms with Crippen molar-refractivity contribution in [3.05, 3.63) is 52.1 Å². The van der Waals surface area contributed by atoms with E-state index >= 15 is 0 Å².